The Morgan fingerprint density at radius 2 is 1.87 bits per heavy atom. The van der Waals surface area contributed by atoms with Crippen LogP contribution in [0.2, 0.25) is 0 Å². The smallest absolute Gasteiger partial charge is 0.387 e. The van der Waals surface area contributed by atoms with Gasteiger partial charge in [0.25, 0.3) is 0 Å². The maximum atomic E-state index is 13.0. The third-order valence-corrected chi connectivity index (χ3v) is 10.4. The van der Waals surface area contributed by atoms with Gasteiger partial charge in [0, 0.05) is 12.7 Å². The Morgan fingerprint density at radius 3 is 2.68 bits per heavy atom. The molecule has 0 unspecified atom stereocenters. The van der Waals surface area contributed by atoms with Crippen LogP contribution in [0.25, 0.3) is 11.0 Å². The quantitative estimate of drug-likeness (QED) is 0.124. The van der Waals surface area contributed by atoms with Crippen molar-refractivity contribution in [2.75, 3.05) is 25.1 Å². The average Bonchev–Trinajstić information content (AvgIpc) is 3.39. The largest absolute Gasteiger partial charge is 0.472 e. The Balaban J connectivity index is 1.33. The number of anilines is 1. The van der Waals surface area contributed by atoms with Crippen molar-refractivity contribution in [1.82, 2.24) is 14.5 Å². The predicted molar refractivity (Wildman–Crippen MR) is 141 cm³/mol. The zero-order chi connectivity index (χ0) is 26.8. The van der Waals surface area contributed by atoms with Gasteiger partial charge < -0.3 is 34.5 Å². The number of hydrogen-bond acceptors (Lipinski definition) is 13. The first-order chi connectivity index (χ1) is 18.0. The molecule has 0 aromatic carbocycles. The van der Waals surface area contributed by atoms with Gasteiger partial charge >= 0.3 is 14.6 Å². The zero-order valence-corrected chi connectivity index (χ0v) is 24.3. The van der Waals surface area contributed by atoms with Gasteiger partial charge in [0.05, 0.1) is 18.6 Å². The van der Waals surface area contributed by atoms with Crippen LogP contribution in [0.1, 0.15) is 18.2 Å². The molecule has 3 saturated heterocycles. The van der Waals surface area contributed by atoms with Crippen molar-refractivity contribution in [2.45, 2.75) is 59.8 Å². The average molecular weight is 706 g/mol. The van der Waals surface area contributed by atoms with E-state index >= 15 is 0 Å². The van der Waals surface area contributed by atoms with E-state index in [2.05, 4.69) is 27.5 Å². The molecule has 15 nitrogen and oxygen atoms in total. The van der Waals surface area contributed by atoms with E-state index in [9.17, 15) is 24.2 Å². The number of hydrogen-bond donors (Lipinski definition) is 5. The molecule has 0 aliphatic carbocycles. The number of phosphoric ester groups is 1. The van der Waals surface area contributed by atoms with Gasteiger partial charge in [0.15, 0.2) is 6.23 Å². The molecule has 210 valence electrons. The van der Waals surface area contributed by atoms with Gasteiger partial charge in [-0.2, -0.15) is 0 Å². The highest BCUT2D eigenvalue weighted by Crippen LogP contribution is 2.57. The molecule has 3 fully saturated rings. The molecule has 0 amide bonds. The molecule has 19 heteroatoms. The second-order valence-corrected chi connectivity index (χ2v) is 14.8. The molecule has 0 radical (unpaired) electrons. The number of nitrogens with zero attached hydrogens (tertiary/aromatic N) is 3. The van der Waals surface area contributed by atoms with Crippen LogP contribution in [-0.4, -0.2) is 90.1 Å². The summed E-state index contributed by atoms with van der Waals surface area (Å²) < 4.78 is 59.6. The summed E-state index contributed by atoms with van der Waals surface area (Å²) in [6.07, 6.45) is -4.02. The van der Waals surface area contributed by atoms with Gasteiger partial charge in [-0.15, -0.1) is 0 Å². The molecule has 2 aromatic heterocycles. The van der Waals surface area contributed by atoms with Gasteiger partial charge in [0.2, 0.25) is 0 Å². The minimum absolute atomic E-state index is 0.487. The molecule has 4 aliphatic heterocycles. The fourth-order valence-electron chi connectivity index (χ4n) is 5.02. The molecule has 4 N–H and O–H groups in total. The van der Waals surface area contributed by atoms with Crippen molar-refractivity contribution < 1.29 is 51.8 Å². The number of aromatic nitrogens is 3. The Morgan fingerprint density at radius 1 is 1.08 bits per heavy atom. The predicted octanol–water partition coefficient (Wildman–Crippen LogP) is 1.52. The van der Waals surface area contributed by atoms with E-state index in [0.717, 1.165) is 30.3 Å². The molecule has 2 bridgehead atoms. The summed E-state index contributed by atoms with van der Waals surface area (Å²) in [6.45, 7) is -4.37. The summed E-state index contributed by atoms with van der Waals surface area (Å²) >= 11 is 5.83. The summed E-state index contributed by atoms with van der Waals surface area (Å²) in [6, 6.07) is 0. The second kappa shape index (κ2) is 10.5. The topological polar surface area (TPSA) is 193 Å². The first kappa shape index (κ1) is 27.8. The molecule has 6 heterocycles. The number of rotatable bonds is 1. The number of aryl methyl sites for hydroxylation is 1. The van der Waals surface area contributed by atoms with E-state index in [4.69, 9.17) is 27.6 Å². The number of fused-ring (bicyclic) bond motifs is 3. The molecule has 4 aliphatic rings. The van der Waals surface area contributed by atoms with E-state index in [1.807, 2.05) is 22.6 Å². The maximum absolute atomic E-state index is 13.0. The second-order valence-electron chi connectivity index (χ2n) is 9.25. The van der Waals surface area contributed by atoms with Crippen molar-refractivity contribution in [3.8, 4) is 0 Å². The summed E-state index contributed by atoms with van der Waals surface area (Å²) in [5.74, 6) is 0.657. The van der Waals surface area contributed by atoms with Crippen molar-refractivity contribution >= 4 is 66.3 Å². The van der Waals surface area contributed by atoms with Gasteiger partial charge in [-0.05, 0) is 41.0 Å². The summed E-state index contributed by atoms with van der Waals surface area (Å²) in [5.41, 5.74) is 1.43. The zero-order valence-electron chi connectivity index (χ0n) is 19.5. The Hall–Kier alpha value is -0.400. The van der Waals surface area contributed by atoms with Crippen LogP contribution in [-0.2, 0) is 43.1 Å². The van der Waals surface area contributed by atoms with Gasteiger partial charge in [-0.3, -0.25) is 18.1 Å². The first-order valence-corrected chi connectivity index (χ1v) is 17.2. The Labute approximate surface area is 234 Å². The molecule has 2 aromatic rings. The maximum Gasteiger partial charge on any atom is 0.472 e. The lowest BCUT2D eigenvalue weighted by Gasteiger charge is -2.24. The van der Waals surface area contributed by atoms with Crippen molar-refractivity contribution in [3.05, 3.63) is 18.1 Å². The minimum Gasteiger partial charge on any atom is -0.387 e. The molecular formula is C19H25IN4O11P2S. The van der Waals surface area contributed by atoms with Gasteiger partial charge in [-0.1, -0.05) is 12.2 Å². The summed E-state index contributed by atoms with van der Waals surface area (Å²) in [5, 5.41) is 25.8. The number of alkyl halides is 1. The SMILES string of the molecule is O=[P@@]1(O)OC[C@H]2O[C@@H](I)[C@H](O[P@@](=O)(S)OC[C@H]3O[C@@H](n4cc5c6c(ncnc64)NCCC5)[C@H](O)[C@@H]3O1)[C@@H]2O. The number of thiol groups is 1. The van der Waals surface area contributed by atoms with Crippen molar-refractivity contribution in [1.29, 1.82) is 0 Å². The van der Waals surface area contributed by atoms with Crippen LogP contribution in [0, 0.1) is 0 Å². The minimum atomic E-state index is -4.80. The third-order valence-electron chi connectivity index (χ3n) is 6.78. The molecule has 10 atom stereocenters. The monoisotopic (exact) mass is 706 g/mol. The van der Waals surface area contributed by atoms with Crippen molar-refractivity contribution in [3.63, 3.8) is 0 Å². The Kier molecular flexibility index (Phi) is 7.64. The lowest BCUT2D eigenvalue weighted by atomic mass is 10.1. The van der Waals surface area contributed by atoms with Crippen molar-refractivity contribution in [2.24, 2.45) is 0 Å². The normalized spacial score (nSPS) is 43.9. The van der Waals surface area contributed by atoms with Crippen LogP contribution < -0.4 is 5.32 Å². The van der Waals surface area contributed by atoms with Crippen LogP contribution in [0.5, 0.6) is 0 Å². The summed E-state index contributed by atoms with van der Waals surface area (Å²) in [7, 11) is -4.80. The van der Waals surface area contributed by atoms with E-state index in [1.165, 1.54) is 6.33 Å². The fraction of sp³-hybridized carbons (Fsp3) is 0.684. The molecule has 6 rings (SSSR count). The van der Waals surface area contributed by atoms with Gasteiger partial charge in [-0.25, -0.2) is 19.1 Å². The van der Waals surface area contributed by atoms with Crippen LogP contribution in [0.15, 0.2) is 12.5 Å². The molecule has 0 saturated carbocycles. The van der Waals surface area contributed by atoms with E-state index in [1.54, 1.807) is 10.8 Å². The number of phosphoric acid groups is 1. The number of nitrogens with one attached hydrogen (secondary N) is 1. The van der Waals surface area contributed by atoms with Crippen LogP contribution in [0.4, 0.5) is 5.82 Å². The van der Waals surface area contributed by atoms with Gasteiger partial charge in [0.1, 0.15) is 58.5 Å². The molecule has 0 spiro atoms. The number of aliphatic hydroxyl groups excluding tert-OH is 2. The number of halogens is 1. The number of aliphatic hydroxyl groups is 2. The Bertz CT molecular complexity index is 1320. The first-order valence-electron chi connectivity index (χ1n) is 11.7. The third kappa shape index (κ3) is 5.19. The highest BCUT2D eigenvalue weighted by Gasteiger charge is 2.52. The highest BCUT2D eigenvalue weighted by atomic mass is 127. The molecular weight excluding hydrogens is 681 g/mol. The van der Waals surface area contributed by atoms with Crippen LogP contribution in [0.3, 0.4) is 0 Å². The number of ether oxygens (including phenoxy) is 2. The van der Waals surface area contributed by atoms with E-state index in [-0.39, 0.29) is 0 Å². The highest BCUT2D eigenvalue weighted by molar-refractivity contribution is 14.1. The fourth-order valence-corrected chi connectivity index (χ4v) is 8.63. The van der Waals surface area contributed by atoms with Crippen LogP contribution >= 0.6 is 49.5 Å². The summed E-state index contributed by atoms with van der Waals surface area (Å²) in [4.78, 5) is 19.1. The standard InChI is InChI=1S/C19H25IN4O11P2S/c20-16-15-12(25)9(32-16)5-30-36(27,28)34-14-10(6-31-37(29,38)35-15)33-19(13(14)26)24-4-8-2-1-3-21-17-11(8)18(24)23-7-22-17/h4,7,9-10,12-16,19,25-26H,1-3,5-6H2,(H,27,28)(H,29,38)(H,21,22,23)/t9-,10-,12-,13-,14-,15-,16-,19-,37+/m1/s1. The lowest BCUT2D eigenvalue weighted by molar-refractivity contribution is -0.0495. The van der Waals surface area contributed by atoms with E-state index in [0.29, 0.717) is 11.5 Å². The molecule has 38 heavy (non-hydrogen) atoms. The lowest BCUT2D eigenvalue weighted by Crippen LogP contribution is -2.36. The van der Waals surface area contributed by atoms with E-state index < -0.39 is 74.8 Å².